The number of tetrazole rings is 1. The Balaban J connectivity index is 1.72. The first-order valence-electron chi connectivity index (χ1n) is 7.08. The van der Waals surface area contributed by atoms with Gasteiger partial charge in [0.15, 0.2) is 4.34 Å². The Labute approximate surface area is 151 Å². The Morgan fingerprint density at radius 1 is 1.22 bits per heavy atom. The molecule has 0 aliphatic rings. The van der Waals surface area contributed by atoms with Crippen molar-refractivity contribution in [2.24, 2.45) is 0 Å². The highest BCUT2D eigenvalue weighted by molar-refractivity contribution is 9.11. The molecule has 0 atom stereocenters. The predicted molar refractivity (Wildman–Crippen MR) is 96.0 cm³/mol. The quantitative estimate of drug-likeness (QED) is 0.639. The summed E-state index contributed by atoms with van der Waals surface area (Å²) in [6, 6.07) is 10.1. The highest BCUT2D eigenvalue weighted by Crippen LogP contribution is 2.38. The molecule has 0 saturated carbocycles. The van der Waals surface area contributed by atoms with E-state index in [1.54, 1.807) is 16.1 Å². The molecule has 2 aromatic heterocycles. The number of nitrogens with zero attached hydrogens (tertiary/aromatic N) is 5. The molecule has 0 N–H and O–H groups in total. The number of hydrogen-bond acceptors (Lipinski definition) is 6. The van der Waals surface area contributed by atoms with Gasteiger partial charge in [-0.3, -0.25) is 0 Å². The average Bonchev–Trinajstić information content (AvgIpc) is 3.07. The minimum absolute atomic E-state index is 0.00644. The van der Waals surface area contributed by atoms with Crippen LogP contribution in [0.25, 0.3) is 0 Å². The summed E-state index contributed by atoms with van der Waals surface area (Å²) >= 11 is 6.64. The zero-order valence-corrected chi connectivity index (χ0v) is 16.2. The molecule has 1 aromatic carbocycles. The molecule has 8 heteroatoms. The van der Waals surface area contributed by atoms with Crippen molar-refractivity contribution in [2.75, 3.05) is 0 Å². The summed E-state index contributed by atoms with van der Waals surface area (Å²) in [4.78, 5) is 6.29. The van der Waals surface area contributed by atoms with E-state index in [4.69, 9.17) is 0 Å². The lowest BCUT2D eigenvalue weighted by atomic mass is 9.93. The van der Waals surface area contributed by atoms with Crippen LogP contribution in [-0.2, 0) is 12.0 Å². The van der Waals surface area contributed by atoms with Crippen molar-refractivity contribution in [3.05, 3.63) is 45.4 Å². The summed E-state index contributed by atoms with van der Waals surface area (Å²) in [5, 5.41) is 13.2. The third-order valence-corrected chi connectivity index (χ3v) is 5.67. The van der Waals surface area contributed by atoms with Crippen LogP contribution in [0.15, 0.2) is 43.6 Å². The first kappa shape index (κ1) is 16.6. The molecule has 3 aromatic rings. The molecular weight excluding hydrogens is 394 g/mol. The van der Waals surface area contributed by atoms with E-state index in [0.29, 0.717) is 11.7 Å². The van der Waals surface area contributed by atoms with Gasteiger partial charge in [-0.15, -0.1) is 10.2 Å². The van der Waals surface area contributed by atoms with Gasteiger partial charge in [-0.1, -0.05) is 62.4 Å². The molecule has 120 valence electrons. The number of aromatic nitrogens is 5. The molecule has 0 aliphatic heterocycles. The van der Waals surface area contributed by atoms with Crippen molar-refractivity contribution in [2.45, 2.75) is 42.2 Å². The highest BCUT2D eigenvalue weighted by Gasteiger charge is 2.23. The third-order valence-electron chi connectivity index (χ3n) is 3.06. The first-order chi connectivity index (χ1) is 10.9. The standard InChI is InChI=1S/C15H16BrN5S2/c1-15(2,3)11-12(16)22-14(17-11)23-13-18-20-21(19-13)9-10-7-5-4-6-8-10/h4-8H,9H2,1-3H3. The number of rotatable bonds is 4. The largest absolute Gasteiger partial charge is 0.238 e. The van der Waals surface area contributed by atoms with Crippen LogP contribution >= 0.6 is 39.0 Å². The molecule has 3 rings (SSSR count). The van der Waals surface area contributed by atoms with Gasteiger partial charge in [0.25, 0.3) is 0 Å². The Morgan fingerprint density at radius 3 is 2.61 bits per heavy atom. The number of hydrogen-bond donors (Lipinski definition) is 0. The number of halogens is 1. The van der Waals surface area contributed by atoms with Crippen LogP contribution in [0.4, 0.5) is 0 Å². The second-order valence-electron chi connectivity index (χ2n) is 6.04. The Hall–Kier alpha value is -1.25. The van der Waals surface area contributed by atoms with E-state index in [1.807, 2.05) is 30.3 Å². The molecule has 0 fully saturated rings. The molecule has 5 nitrogen and oxygen atoms in total. The minimum Gasteiger partial charge on any atom is -0.232 e. The van der Waals surface area contributed by atoms with E-state index >= 15 is 0 Å². The number of thiazole rings is 1. The normalized spacial score (nSPS) is 11.8. The lowest BCUT2D eigenvalue weighted by molar-refractivity contribution is 0.566. The lowest BCUT2D eigenvalue weighted by Crippen LogP contribution is -2.12. The van der Waals surface area contributed by atoms with Crippen LogP contribution in [0.3, 0.4) is 0 Å². The topological polar surface area (TPSA) is 56.5 Å². The maximum absolute atomic E-state index is 4.69. The highest BCUT2D eigenvalue weighted by atomic mass is 79.9. The maximum atomic E-state index is 4.69. The van der Waals surface area contributed by atoms with Crippen LogP contribution < -0.4 is 0 Å². The molecule has 0 saturated heterocycles. The smallest absolute Gasteiger partial charge is 0.232 e. The molecule has 0 amide bonds. The Kier molecular flexibility index (Phi) is 4.84. The minimum atomic E-state index is 0.00644. The molecule has 0 bridgehead atoms. The van der Waals surface area contributed by atoms with Gasteiger partial charge in [-0.05, 0) is 38.5 Å². The molecule has 23 heavy (non-hydrogen) atoms. The Bertz CT molecular complexity index is 792. The molecule has 2 heterocycles. The molecule has 0 spiro atoms. The summed E-state index contributed by atoms with van der Waals surface area (Å²) in [5.41, 5.74) is 2.21. The second-order valence-corrected chi connectivity index (χ2v) is 9.57. The van der Waals surface area contributed by atoms with Gasteiger partial charge in [-0.2, -0.15) is 4.80 Å². The van der Waals surface area contributed by atoms with Gasteiger partial charge in [0.05, 0.1) is 16.0 Å². The van der Waals surface area contributed by atoms with Crippen molar-refractivity contribution < 1.29 is 0 Å². The average molecular weight is 410 g/mol. The fraction of sp³-hybridized carbons (Fsp3) is 0.333. The molecule has 0 unspecified atom stereocenters. The third kappa shape index (κ3) is 4.19. The summed E-state index contributed by atoms with van der Waals surface area (Å²) in [5.74, 6) is 0. The van der Waals surface area contributed by atoms with Crippen LogP contribution in [0.1, 0.15) is 32.0 Å². The molecular formula is C15H16BrN5S2. The lowest BCUT2D eigenvalue weighted by Gasteiger charge is -2.15. The van der Waals surface area contributed by atoms with Gasteiger partial charge < -0.3 is 0 Å². The predicted octanol–water partition coefficient (Wildman–Crippen LogP) is 4.39. The summed E-state index contributed by atoms with van der Waals surface area (Å²) < 4.78 is 1.98. The van der Waals surface area contributed by atoms with E-state index in [2.05, 4.69) is 57.1 Å². The van der Waals surface area contributed by atoms with Crippen LogP contribution in [0.2, 0.25) is 0 Å². The first-order valence-corrected chi connectivity index (χ1v) is 9.51. The second kappa shape index (κ2) is 6.70. The SMILES string of the molecule is CC(C)(C)c1nc(Sc2nnn(Cc3ccccc3)n2)sc1Br. The molecule has 0 radical (unpaired) electrons. The van der Waals surface area contributed by atoms with E-state index < -0.39 is 0 Å². The van der Waals surface area contributed by atoms with Crippen molar-refractivity contribution in [3.63, 3.8) is 0 Å². The van der Waals surface area contributed by atoms with Gasteiger partial charge in [0.2, 0.25) is 5.16 Å². The summed E-state index contributed by atoms with van der Waals surface area (Å²) in [7, 11) is 0. The zero-order valence-electron chi connectivity index (χ0n) is 13.0. The van der Waals surface area contributed by atoms with Gasteiger partial charge >= 0.3 is 0 Å². The fourth-order valence-electron chi connectivity index (χ4n) is 1.95. The van der Waals surface area contributed by atoms with Crippen molar-refractivity contribution in [1.82, 2.24) is 25.2 Å². The monoisotopic (exact) mass is 409 g/mol. The Morgan fingerprint density at radius 2 is 1.96 bits per heavy atom. The van der Waals surface area contributed by atoms with Crippen molar-refractivity contribution in [1.29, 1.82) is 0 Å². The van der Waals surface area contributed by atoms with Crippen molar-refractivity contribution in [3.8, 4) is 0 Å². The fourth-order valence-corrected chi connectivity index (χ4v) is 5.30. The van der Waals surface area contributed by atoms with E-state index in [0.717, 1.165) is 19.4 Å². The summed E-state index contributed by atoms with van der Waals surface area (Å²) in [6.45, 7) is 7.06. The van der Waals surface area contributed by atoms with Gasteiger partial charge in [0, 0.05) is 5.41 Å². The van der Waals surface area contributed by atoms with Gasteiger partial charge in [-0.25, -0.2) is 4.98 Å². The van der Waals surface area contributed by atoms with E-state index in [1.165, 1.54) is 11.8 Å². The van der Waals surface area contributed by atoms with Crippen LogP contribution in [0, 0.1) is 0 Å². The molecule has 0 aliphatic carbocycles. The van der Waals surface area contributed by atoms with Gasteiger partial charge in [0.1, 0.15) is 0 Å². The summed E-state index contributed by atoms with van der Waals surface area (Å²) in [6.07, 6.45) is 0. The maximum Gasteiger partial charge on any atom is 0.238 e. The number of benzene rings is 1. The zero-order chi connectivity index (χ0) is 16.4. The van der Waals surface area contributed by atoms with E-state index in [9.17, 15) is 0 Å². The van der Waals surface area contributed by atoms with Crippen LogP contribution in [-0.4, -0.2) is 25.2 Å². The van der Waals surface area contributed by atoms with Crippen molar-refractivity contribution >= 4 is 39.0 Å². The van der Waals surface area contributed by atoms with E-state index in [-0.39, 0.29) is 5.41 Å². The van der Waals surface area contributed by atoms with Crippen LogP contribution in [0.5, 0.6) is 0 Å².